The highest BCUT2D eigenvalue weighted by molar-refractivity contribution is 9.10. The van der Waals surface area contributed by atoms with Crippen molar-refractivity contribution in [3.8, 4) is 0 Å². The summed E-state index contributed by atoms with van der Waals surface area (Å²) in [4.78, 5) is 28.4. The topological polar surface area (TPSA) is 70.4 Å². The van der Waals surface area contributed by atoms with Gasteiger partial charge in [0, 0.05) is 4.47 Å². The number of carbonyl (C=O) groups is 2. The highest BCUT2D eigenvalue weighted by atomic mass is 79.9. The first kappa shape index (κ1) is 17.5. The maximum absolute atomic E-state index is 12.1. The molecular weight excluding hydrogens is 364 g/mol. The second kappa shape index (κ2) is 6.31. The molecule has 0 fully saturated rings. The van der Waals surface area contributed by atoms with E-state index in [9.17, 15) is 9.59 Å². The van der Waals surface area contributed by atoms with Gasteiger partial charge in [0.05, 0.1) is 18.2 Å². The summed E-state index contributed by atoms with van der Waals surface area (Å²) in [6.45, 7) is 7.25. The van der Waals surface area contributed by atoms with Crippen molar-refractivity contribution in [1.29, 1.82) is 0 Å². The molecule has 0 saturated carbocycles. The lowest BCUT2D eigenvalue weighted by Crippen LogP contribution is -2.26. The molecule has 124 valence electrons. The lowest BCUT2D eigenvalue weighted by Gasteiger charge is -2.20. The lowest BCUT2D eigenvalue weighted by atomic mass is 10.2. The van der Waals surface area contributed by atoms with Crippen LogP contribution < -0.4 is 0 Å². The van der Waals surface area contributed by atoms with Gasteiger partial charge < -0.3 is 14.0 Å². The van der Waals surface area contributed by atoms with E-state index in [0.29, 0.717) is 26.9 Å². The predicted octanol–water partition coefficient (Wildman–Crippen LogP) is 3.24. The molecule has 0 spiro atoms. The zero-order chi connectivity index (χ0) is 17.4. The lowest BCUT2D eigenvalue weighted by molar-refractivity contribution is -0.155. The Morgan fingerprint density at radius 2 is 1.96 bits per heavy atom. The van der Waals surface area contributed by atoms with Crippen LogP contribution in [0.5, 0.6) is 0 Å². The molecule has 0 radical (unpaired) electrons. The van der Waals surface area contributed by atoms with Crippen LogP contribution in [0.2, 0.25) is 0 Å². The number of carbonyl (C=O) groups excluding carboxylic acids is 2. The molecule has 0 N–H and O–H groups in total. The molecule has 0 aliphatic rings. The number of esters is 2. The summed E-state index contributed by atoms with van der Waals surface area (Å²) in [7, 11) is 1.32. The molecule has 0 unspecified atom stereocenters. The van der Waals surface area contributed by atoms with Crippen LogP contribution in [0, 0.1) is 6.92 Å². The standard InChI is InChI=1S/C16H19BrN2O4/c1-9-18-14-11(15(21)22-5)6-10(17)7-12(14)19(9)8-13(20)23-16(2,3)4/h6-7H,8H2,1-5H3. The Balaban J connectivity index is 2.49. The fourth-order valence-corrected chi connectivity index (χ4v) is 2.72. The molecule has 7 heteroatoms. The number of hydrogen-bond donors (Lipinski definition) is 0. The molecule has 2 aromatic rings. The number of hydrogen-bond acceptors (Lipinski definition) is 5. The van der Waals surface area contributed by atoms with E-state index in [1.54, 1.807) is 17.6 Å². The predicted molar refractivity (Wildman–Crippen MR) is 89.4 cm³/mol. The van der Waals surface area contributed by atoms with Crippen molar-refractivity contribution in [2.45, 2.75) is 39.8 Å². The van der Waals surface area contributed by atoms with Gasteiger partial charge in [-0.25, -0.2) is 9.78 Å². The maximum atomic E-state index is 12.1. The molecule has 1 aromatic heterocycles. The van der Waals surface area contributed by atoms with Crippen molar-refractivity contribution < 1.29 is 19.1 Å². The Morgan fingerprint density at radius 3 is 2.52 bits per heavy atom. The molecule has 0 saturated heterocycles. The fraction of sp³-hybridized carbons (Fsp3) is 0.438. The second-order valence-electron chi connectivity index (χ2n) is 6.14. The van der Waals surface area contributed by atoms with Crippen molar-refractivity contribution in [3.63, 3.8) is 0 Å². The van der Waals surface area contributed by atoms with Gasteiger partial charge in [0.25, 0.3) is 0 Å². The summed E-state index contributed by atoms with van der Waals surface area (Å²) in [5, 5.41) is 0. The van der Waals surface area contributed by atoms with E-state index in [2.05, 4.69) is 20.9 Å². The molecule has 1 heterocycles. The second-order valence-corrected chi connectivity index (χ2v) is 7.06. The number of fused-ring (bicyclic) bond motifs is 1. The van der Waals surface area contributed by atoms with Gasteiger partial charge in [-0.15, -0.1) is 0 Å². The first-order valence-corrected chi connectivity index (χ1v) is 7.88. The molecule has 23 heavy (non-hydrogen) atoms. The molecular formula is C16H19BrN2O4. The van der Waals surface area contributed by atoms with E-state index in [0.717, 1.165) is 0 Å². The largest absolute Gasteiger partial charge is 0.465 e. The number of imidazole rings is 1. The quantitative estimate of drug-likeness (QED) is 0.762. The van der Waals surface area contributed by atoms with Crippen molar-refractivity contribution in [2.24, 2.45) is 0 Å². The van der Waals surface area contributed by atoms with Crippen LogP contribution in [0.3, 0.4) is 0 Å². The van der Waals surface area contributed by atoms with Crippen LogP contribution in [0.25, 0.3) is 11.0 Å². The summed E-state index contributed by atoms with van der Waals surface area (Å²) >= 11 is 3.37. The normalized spacial score (nSPS) is 11.6. The summed E-state index contributed by atoms with van der Waals surface area (Å²) in [6, 6.07) is 3.46. The number of rotatable bonds is 3. The number of aromatic nitrogens is 2. The highest BCUT2D eigenvalue weighted by Gasteiger charge is 2.21. The Kier molecular flexibility index (Phi) is 4.79. The van der Waals surface area contributed by atoms with E-state index in [4.69, 9.17) is 9.47 Å². The van der Waals surface area contributed by atoms with Crippen molar-refractivity contribution >= 4 is 38.9 Å². The summed E-state index contributed by atoms with van der Waals surface area (Å²) in [5.74, 6) is -0.216. The van der Waals surface area contributed by atoms with E-state index in [-0.39, 0.29) is 12.5 Å². The third-order valence-corrected chi connectivity index (χ3v) is 3.58. The monoisotopic (exact) mass is 382 g/mol. The third kappa shape index (κ3) is 3.90. The van der Waals surface area contributed by atoms with Gasteiger partial charge in [-0.3, -0.25) is 4.79 Å². The number of methoxy groups -OCH3 is 1. The van der Waals surface area contributed by atoms with Crippen LogP contribution in [-0.4, -0.2) is 34.2 Å². The smallest absolute Gasteiger partial charge is 0.340 e. The maximum Gasteiger partial charge on any atom is 0.340 e. The molecule has 0 amide bonds. The molecule has 1 aromatic carbocycles. The first-order valence-electron chi connectivity index (χ1n) is 7.09. The number of nitrogens with zero attached hydrogens (tertiary/aromatic N) is 2. The van der Waals surface area contributed by atoms with Crippen LogP contribution in [0.1, 0.15) is 37.0 Å². The molecule has 6 nitrogen and oxygen atoms in total. The van der Waals surface area contributed by atoms with Crippen molar-refractivity contribution in [1.82, 2.24) is 9.55 Å². The summed E-state index contributed by atoms with van der Waals surface area (Å²) < 4.78 is 12.6. The summed E-state index contributed by atoms with van der Waals surface area (Å²) in [5.41, 5.74) is 0.964. The number of benzene rings is 1. The third-order valence-electron chi connectivity index (χ3n) is 3.12. The van der Waals surface area contributed by atoms with Gasteiger partial charge in [0.1, 0.15) is 23.5 Å². The molecule has 0 aliphatic carbocycles. The molecule has 0 aliphatic heterocycles. The van der Waals surface area contributed by atoms with E-state index in [1.165, 1.54) is 7.11 Å². The van der Waals surface area contributed by atoms with Crippen molar-refractivity contribution in [2.75, 3.05) is 7.11 Å². The highest BCUT2D eigenvalue weighted by Crippen LogP contribution is 2.26. The van der Waals surface area contributed by atoms with Gasteiger partial charge in [0.2, 0.25) is 0 Å². The zero-order valence-electron chi connectivity index (χ0n) is 13.8. The Labute approximate surface area is 142 Å². The van der Waals surface area contributed by atoms with Crippen LogP contribution in [0.15, 0.2) is 16.6 Å². The number of ether oxygens (including phenoxy) is 2. The van der Waals surface area contributed by atoms with Crippen LogP contribution in [-0.2, 0) is 20.8 Å². The van der Waals surface area contributed by atoms with Gasteiger partial charge in [0.15, 0.2) is 0 Å². The van der Waals surface area contributed by atoms with Crippen LogP contribution in [0.4, 0.5) is 0 Å². The molecule has 0 bridgehead atoms. The minimum absolute atomic E-state index is 0.0245. The van der Waals surface area contributed by atoms with Gasteiger partial charge in [-0.05, 0) is 39.8 Å². The van der Waals surface area contributed by atoms with Gasteiger partial charge in [-0.2, -0.15) is 0 Å². The van der Waals surface area contributed by atoms with Crippen molar-refractivity contribution in [3.05, 3.63) is 28.0 Å². The Bertz CT molecular complexity index is 774. The zero-order valence-corrected chi connectivity index (χ0v) is 15.4. The molecule has 0 atom stereocenters. The van der Waals surface area contributed by atoms with Gasteiger partial charge in [-0.1, -0.05) is 15.9 Å². The van der Waals surface area contributed by atoms with E-state index >= 15 is 0 Å². The Hall–Kier alpha value is -1.89. The average Bonchev–Trinajstić information content (AvgIpc) is 2.72. The Morgan fingerprint density at radius 1 is 1.30 bits per heavy atom. The number of halogens is 1. The van der Waals surface area contributed by atoms with E-state index < -0.39 is 11.6 Å². The average molecular weight is 383 g/mol. The first-order chi connectivity index (χ1) is 10.6. The SMILES string of the molecule is COC(=O)c1cc(Br)cc2c1nc(C)n2CC(=O)OC(C)(C)C. The fourth-order valence-electron chi connectivity index (χ4n) is 2.27. The minimum Gasteiger partial charge on any atom is -0.465 e. The summed E-state index contributed by atoms with van der Waals surface area (Å²) in [6.07, 6.45) is 0. The minimum atomic E-state index is -0.556. The van der Waals surface area contributed by atoms with E-state index in [1.807, 2.05) is 26.8 Å². The van der Waals surface area contributed by atoms with Crippen LogP contribution >= 0.6 is 15.9 Å². The number of aryl methyl sites for hydroxylation is 1. The van der Waals surface area contributed by atoms with Gasteiger partial charge >= 0.3 is 11.9 Å². The molecule has 2 rings (SSSR count).